The van der Waals surface area contributed by atoms with Crippen LogP contribution in [0.4, 0.5) is 10.5 Å². The maximum absolute atomic E-state index is 14.2. The Morgan fingerprint density at radius 1 is 1.00 bits per heavy atom. The van der Waals surface area contributed by atoms with E-state index in [0.717, 1.165) is 33.3 Å². The number of benzene rings is 3. The summed E-state index contributed by atoms with van der Waals surface area (Å²) in [5.74, 6) is -0.668. The van der Waals surface area contributed by atoms with Gasteiger partial charge in [-0.3, -0.25) is 4.79 Å². The van der Waals surface area contributed by atoms with Crippen molar-refractivity contribution >= 4 is 34.2 Å². The number of fused-ring (bicyclic) bond motifs is 6. The minimum Gasteiger partial charge on any atom is -0.508 e. The van der Waals surface area contributed by atoms with Crippen molar-refractivity contribution in [2.24, 2.45) is 0 Å². The zero-order chi connectivity index (χ0) is 46.1. The molecule has 4 N–H and O–H groups in total. The number of likely N-dealkylation sites (N-methyl/N-ethyl adjacent to an activating group) is 2. The lowest BCUT2D eigenvalue weighted by molar-refractivity contribution is -0.173. The summed E-state index contributed by atoms with van der Waals surface area (Å²) in [6, 6.07) is 17.1. The number of phenols is 3. The molecule has 1 amide bonds. The van der Waals surface area contributed by atoms with Crippen LogP contribution in [0.1, 0.15) is 80.4 Å². The topological polar surface area (TPSA) is 207 Å². The predicted molar refractivity (Wildman–Crippen MR) is 241 cm³/mol. The number of carbonyl (C=O) groups is 2. The molecule has 2 atom stereocenters. The Labute approximate surface area is 373 Å². The lowest BCUT2D eigenvalue weighted by atomic mass is 9.84. The molecule has 17 heteroatoms. The van der Waals surface area contributed by atoms with E-state index in [1.165, 1.54) is 15.5 Å². The largest absolute Gasteiger partial charge is 0.508 e. The summed E-state index contributed by atoms with van der Waals surface area (Å²) in [5.41, 5.74) is 4.88. The number of carbonyl (C=O) groups excluding carboxylic acids is 2. The van der Waals surface area contributed by atoms with Crippen molar-refractivity contribution in [3.63, 3.8) is 0 Å². The first-order valence-corrected chi connectivity index (χ1v) is 21.7. The lowest BCUT2D eigenvalue weighted by Crippen LogP contribution is -2.49. The number of pyridine rings is 1. The summed E-state index contributed by atoms with van der Waals surface area (Å²) >= 11 is 0. The second kappa shape index (κ2) is 16.4. The molecular formula is C48H51N7O10. The summed E-state index contributed by atoms with van der Waals surface area (Å²) in [4.78, 5) is 58.1. The third-order valence-electron chi connectivity index (χ3n) is 13.1. The zero-order valence-corrected chi connectivity index (χ0v) is 37.0. The molecule has 3 aliphatic heterocycles. The molecule has 0 saturated carbocycles. The van der Waals surface area contributed by atoms with Crippen LogP contribution < -0.4 is 16.1 Å². The molecule has 3 aromatic carbocycles. The van der Waals surface area contributed by atoms with E-state index >= 15 is 0 Å². The lowest BCUT2D eigenvalue weighted by Gasteiger charge is -2.38. The first-order chi connectivity index (χ1) is 31.2. The average Bonchev–Trinajstić information content (AvgIpc) is 3.99. The molecule has 2 unspecified atom stereocenters. The normalized spacial score (nSPS) is 17.6. The number of phenolic OH excluding ortho intramolecular Hbond substituents is 3. The second-order valence-electron chi connectivity index (χ2n) is 17.1. The van der Waals surface area contributed by atoms with Gasteiger partial charge < -0.3 is 48.5 Å². The maximum atomic E-state index is 14.2. The number of rotatable bonds is 12. The van der Waals surface area contributed by atoms with Crippen LogP contribution in [0.15, 0.2) is 82.0 Å². The molecule has 338 valence electrons. The Hall–Kier alpha value is -7.27. The number of nitrogens with one attached hydrogen (secondary N) is 1. The number of H-pyrrole nitrogens is 1. The van der Waals surface area contributed by atoms with Gasteiger partial charge in [-0.25, -0.2) is 24.0 Å². The zero-order valence-electron chi connectivity index (χ0n) is 37.0. The van der Waals surface area contributed by atoms with Crippen LogP contribution in [0.2, 0.25) is 0 Å². The number of aromatic hydroxyl groups is 3. The molecule has 6 aromatic rings. The fourth-order valence-corrected chi connectivity index (χ4v) is 9.66. The fraction of sp³-hybridized carbons (Fsp3) is 0.354. The van der Waals surface area contributed by atoms with Gasteiger partial charge in [0, 0.05) is 79.4 Å². The van der Waals surface area contributed by atoms with E-state index in [4.69, 9.17) is 14.2 Å². The van der Waals surface area contributed by atoms with Crippen LogP contribution in [-0.4, -0.2) is 90.0 Å². The summed E-state index contributed by atoms with van der Waals surface area (Å²) in [6.45, 7) is 8.81. The van der Waals surface area contributed by atoms with Gasteiger partial charge in [-0.1, -0.05) is 27.7 Å². The molecule has 9 rings (SSSR count). The molecule has 0 aliphatic carbocycles. The Kier molecular flexibility index (Phi) is 10.8. The van der Waals surface area contributed by atoms with Crippen LogP contribution in [0, 0.1) is 0 Å². The van der Waals surface area contributed by atoms with E-state index in [0.29, 0.717) is 54.2 Å². The van der Waals surface area contributed by atoms with Crippen molar-refractivity contribution in [2.75, 3.05) is 38.8 Å². The number of aromatic nitrogens is 5. The predicted octanol–water partition coefficient (Wildman–Crippen LogP) is 6.40. The number of cyclic esters (lactones) is 1. The SMILES string of the molecule is CCC1=C2Cn3c(cc4c(c3=O)COC(=O)C4(CC)OC(=O)N(C)CCOCCn3ccc4cc(-n5c(-c6cc(C(C)C)c(O)cc6O)n[nH]c5=O)ccc43)C2N(C)c2ccc(O)cc21. The highest BCUT2D eigenvalue weighted by Gasteiger charge is 2.52. The van der Waals surface area contributed by atoms with Gasteiger partial charge in [-0.15, -0.1) is 0 Å². The number of nitrogens with zero attached hydrogens (tertiary/aromatic N) is 6. The Morgan fingerprint density at radius 3 is 2.55 bits per heavy atom. The molecular weight excluding hydrogens is 835 g/mol. The molecule has 6 heterocycles. The van der Waals surface area contributed by atoms with E-state index in [-0.39, 0.29) is 72.3 Å². The third-order valence-corrected chi connectivity index (χ3v) is 13.1. The van der Waals surface area contributed by atoms with Gasteiger partial charge in [-0.05, 0) is 90.1 Å². The number of hydrogen-bond acceptors (Lipinski definition) is 12. The smallest absolute Gasteiger partial charge is 0.411 e. The van der Waals surface area contributed by atoms with Gasteiger partial charge in [0.1, 0.15) is 23.9 Å². The van der Waals surface area contributed by atoms with Crippen molar-refractivity contribution in [2.45, 2.75) is 77.8 Å². The maximum Gasteiger partial charge on any atom is 0.411 e. The average molecular weight is 886 g/mol. The number of ether oxygens (including phenoxy) is 3. The Morgan fingerprint density at radius 2 is 1.80 bits per heavy atom. The number of allylic oxidation sites excluding steroid dienone is 1. The van der Waals surface area contributed by atoms with Crippen molar-refractivity contribution in [1.82, 2.24) is 28.8 Å². The molecule has 0 bridgehead atoms. The highest BCUT2D eigenvalue weighted by atomic mass is 16.6. The summed E-state index contributed by atoms with van der Waals surface area (Å²) in [7, 11) is 3.50. The van der Waals surface area contributed by atoms with Crippen molar-refractivity contribution in [1.29, 1.82) is 0 Å². The van der Waals surface area contributed by atoms with Crippen LogP contribution in [-0.2, 0) is 44.3 Å². The second-order valence-corrected chi connectivity index (χ2v) is 17.1. The molecule has 65 heavy (non-hydrogen) atoms. The molecule has 0 fully saturated rings. The third kappa shape index (κ3) is 7.01. The summed E-state index contributed by atoms with van der Waals surface area (Å²) in [6.07, 6.45) is 1.86. The van der Waals surface area contributed by atoms with E-state index in [9.17, 15) is 34.5 Å². The number of amides is 1. The first-order valence-electron chi connectivity index (χ1n) is 21.7. The van der Waals surface area contributed by atoms with Crippen molar-refractivity contribution in [3.05, 3.63) is 121 Å². The van der Waals surface area contributed by atoms with Crippen LogP contribution in [0.3, 0.4) is 0 Å². The standard InChI is InChI=1S/C48H51N7O10/c1-7-30-32-20-29(56)10-12-38(32)52(6)42-34(30)24-54-39(42)22-36-35(44(54)59)25-64-45(60)48(36,8-2)65-47(62)51(5)15-17-63-18-16-53-14-13-27-19-28(9-11-37(27)53)55-43(49-50-46(55)61)33-21-31(26(3)4)40(57)23-41(33)58/h9-14,19-23,26,42,56-58H,7-8,15-18,24-25H2,1-6H3,(H,50,61). The highest BCUT2D eigenvalue weighted by Crippen LogP contribution is 2.50. The quantitative estimate of drug-likeness (QED) is 0.0779. The molecule has 0 saturated heterocycles. The van der Waals surface area contributed by atoms with Gasteiger partial charge >= 0.3 is 17.8 Å². The molecule has 0 radical (unpaired) electrons. The van der Waals surface area contributed by atoms with Crippen LogP contribution in [0.25, 0.3) is 33.6 Å². The van der Waals surface area contributed by atoms with Gasteiger partial charge in [0.05, 0.1) is 36.1 Å². The number of esters is 1. The Bertz CT molecular complexity index is 3070. The first kappa shape index (κ1) is 43.0. The van der Waals surface area contributed by atoms with Crippen molar-refractivity contribution in [3.8, 4) is 34.3 Å². The van der Waals surface area contributed by atoms with Crippen LogP contribution >= 0.6 is 0 Å². The monoisotopic (exact) mass is 885 g/mol. The molecule has 3 aliphatic rings. The number of hydrogen-bond donors (Lipinski definition) is 4. The molecule has 17 nitrogen and oxygen atoms in total. The van der Waals surface area contributed by atoms with E-state index in [1.54, 1.807) is 42.8 Å². The minimum absolute atomic E-state index is 0.0385. The number of aromatic amines is 1. The van der Waals surface area contributed by atoms with Gasteiger partial charge in [0.2, 0.25) is 5.60 Å². The number of anilines is 1. The van der Waals surface area contributed by atoms with E-state index in [1.807, 2.05) is 68.9 Å². The van der Waals surface area contributed by atoms with E-state index < -0.39 is 23.4 Å². The Balaban J connectivity index is 0.866. The van der Waals surface area contributed by atoms with Gasteiger partial charge in [0.25, 0.3) is 5.56 Å². The fourth-order valence-electron chi connectivity index (χ4n) is 9.66. The molecule has 3 aromatic heterocycles. The van der Waals surface area contributed by atoms with Gasteiger partial charge in [-0.2, -0.15) is 5.10 Å². The van der Waals surface area contributed by atoms with Gasteiger partial charge in [0.15, 0.2) is 5.82 Å². The minimum atomic E-state index is -1.85. The summed E-state index contributed by atoms with van der Waals surface area (Å²) < 4.78 is 22.7. The summed E-state index contributed by atoms with van der Waals surface area (Å²) in [5, 5.41) is 38.9. The molecule has 0 spiro atoms. The van der Waals surface area contributed by atoms with Crippen molar-refractivity contribution < 1.29 is 39.1 Å². The van der Waals surface area contributed by atoms with E-state index in [2.05, 4.69) is 15.1 Å². The highest BCUT2D eigenvalue weighted by molar-refractivity contribution is 5.88. The van der Waals surface area contributed by atoms with Crippen LogP contribution in [0.5, 0.6) is 17.2 Å².